The Morgan fingerprint density at radius 1 is 0.917 bits per heavy atom. The summed E-state index contributed by atoms with van der Waals surface area (Å²) >= 11 is 0. The largest absolute Gasteiger partial charge is 0.394 e. The highest BCUT2D eigenvalue weighted by atomic mass is 16.7. The van der Waals surface area contributed by atoms with Crippen molar-refractivity contribution in [3.63, 3.8) is 0 Å². The molecule has 1 N–H and O–H groups in total. The van der Waals surface area contributed by atoms with Crippen LogP contribution in [-0.2, 0) is 22.4 Å². The third-order valence-corrected chi connectivity index (χ3v) is 4.93. The van der Waals surface area contributed by atoms with Crippen LogP contribution in [0, 0.1) is 0 Å². The Kier molecular flexibility index (Phi) is 4.63. The van der Waals surface area contributed by atoms with Gasteiger partial charge < -0.3 is 14.6 Å². The summed E-state index contributed by atoms with van der Waals surface area (Å²) in [6.07, 6.45) is 0.345. The van der Waals surface area contributed by atoms with Crippen LogP contribution in [-0.4, -0.2) is 47.7 Å². The third kappa shape index (κ3) is 3.23. The van der Waals surface area contributed by atoms with Crippen LogP contribution in [0.4, 0.5) is 0 Å². The van der Waals surface area contributed by atoms with E-state index in [2.05, 4.69) is 53.4 Å². The quantitative estimate of drug-likeness (QED) is 0.915. The average molecular weight is 325 g/mol. The van der Waals surface area contributed by atoms with E-state index in [0.717, 1.165) is 19.5 Å². The maximum Gasteiger partial charge on any atom is 0.174 e. The van der Waals surface area contributed by atoms with E-state index in [1.54, 1.807) is 0 Å². The number of rotatable bonds is 5. The first-order valence-corrected chi connectivity index (χ1v) is 8.57. The Morgan fingerprint density at radius 3 is 2.25 bits per heavy atom. The number of aliphatic hydroxyl groups excluding tert-OH is 1. The molecule has 0 amide bonds. The number of hydrogen-bond donors (Lipinski definition) is 1. The topological polar surface area (TPSA) is 41.9 Å². The fraction of sp³-hybridized carbons (Fsp3) is 0.400. The number of aliphatic hydroxyl groups is 1. The molecule has 0 spiro atoms. The zero-order valence-electron chi connectivity index (χ0n) is 13.6. The molecule has 4 heteroatoms. The first kappa shape index (κ1) is 15.8. The average Bonchev–Trinajstić information content (AvgIpc) is 2.98. The summed E-state index contributed by atoms with van der Waals surface area (Å²) in [6, 6.07) is 21.1. The van der Waals surface area contributed by atoms with Gasteiger partial charge in [-0.3, -0.25) is 4.90 Å². The van der Waals surface area contributed by atoms with Crippen LogP contribution in [0.2, 0.25) is 0 Å². The molecule has 0 radical (unpaired) electrons. The molecule has 0 saturated carbocycles. The van der Waals surface area contributed by atoms with Crippen molar-refractivity contribution in [3.8, 4) is 0 Å². The van der Waals surface area contributed by atoms with Gasteiger partial charge in [-0.05, 0) is 17.5 Å². The zero-order chi connectivity index (χ0) is 16.4. The first-order chi connectivity index (χ1) is 11.8. The number of morpholine rings is 1. The van der Waals surface area contributed by atoms with Crippen LogP contribution in [0.1, 0.15) is 11.1 Å². The zero-order valence-corrected chi connectivity index (χ0v) is 13.6. The minimum absolute atomic E-state index is 0.0123. The molecule has 0 aromatic heterocycles. The number of ether oxygens (including phenoxy) is 2. The fourth-order valence-electron chi connectivity index (χ4n) is 3.67. The third-order valence-electron chi connectivity index (χ3n) is 4.93. The lowest BCUT2D eigenvalue weighted by Gasteiger charge is -2.39. The maximum absolute atomic E-state index is 9.54. The van der Waals surface area contributed by atoms with Gasteiger partial charge >= 0.3 is 0 Å². The molecule has 126 valence electrons. The van der Waals surface area contributed by atoms with Crippen LogP contribution in [0.5, 0.6) is 0 Å². The molecule has 0 aliphatic carbocycles. The normalized spacial score (nSPS) is 29.7. The van der Waals surface area contributed by atoms with E-state index < -0.39 is 0 Å². The van der Waals surface area contributed by atoms with Gasteiger partial charge in [-0.25, -0.2) is 0 Å². The van der Waals surface area contributed by atoms with Crippen LogP contribution < -0.4 is 0 Å². The summed E-state index contributed by atoms with van der Waals surface area (Å²) < 4.78 is 12.0. The van der Waals surface area contributed by atoms with Crippen molar-refractivity contribution in [2.45, 2.75) is 37.5 Å². The highest BCUT2D eigenvalue weighted by molar-refractivity contribution is 5.18. The SMILES string of the molecule is OC[C@@H]1O[C@@H]2O[C@H]1CN(Cc1ccccc1)[C@@H]2Cc1ccccc1. The summed E-state index contributed by atoms with van der Waals surface area (Å²) in [5.41, 5.74) is 2.57. The first-order valence-electron chi connectivity index (χ1n) is 8.57. The molecule has 0 unspecified atom stereocenters. The second kappa shape index (κ2) is 7.03. The molecule has 2 aliphatic rings. The van der Waals surface area contributed by atoms with Gasteiger partial charge in [0.05, 0.1) is 12.6 Å². The Bertz CT molecular complexity index is 648. The van der Waals surface area contributed by atoms with E-state index in [-0.39, 0.29) is 31.1 Å². The molecule has 4 rings (SSSR count). The highest BCUT2D eigenvalue weighted by Crippen LogP contribution is 2.32. The van der Waals surface area contributed by atoms with Gasteiger partial charge in [-0.1, -0.05) is 60.7 Å². The Balaban J connectivity index is 1.56. The van der Waals surface area contributed by atoms with Gasteiger partial charge in [0.2, 0.25) is 0 Å². The maximum atomic E-state index is 9.54. The van der Waals surface area contributed by atoms with Crippen molar-refractivity contribution >= 4 is 0 Å². The molecule has 2 saturated heterocycles. The van der Waals surface area contributed by atoms with E-state index >= 15 is 0 Å². The van der Waals surface area contributed by atoms with E-state index in [9.17, 15) is 5.11 Å². The lowest BCUT2D eigenvalue weighted by molar-refractivity contribution is -0.150. The van der Waals surface area contributed by atoms with Crippen LogP contribution in [0.25, 0.3) is 0 Å². The highest BCUT2D eigenvalue weighted by Gasteiger charge is 2.47. The van der Waals surface area contributed by atoms with Gasteiger partial charge in [0, 0.05) is 13.1 Å². The van der Waals surface area contributed by atoms with E-state index in [1.165, 1.54) is 11.1 Å². The summed E-state index contributed by atoms with van der Waals surface area (Å²) in [5.74, 6) is 0. The standard InChI is InChI=1S/C20H23NO3/c22-14-19-18-13-21(12-16-9-5-2-6-10-16)17(20(23-18)24-19)11-15-7-3-1-4-8-15/h1-10,17-20,22H,11-14H2/t17-,18+,19+,20+/m1/s1. The molecule has 4 nitrogen and oxygen atoms in total. The predicted molar refractivity (Wildman–Crippen MR) is 91.4 cm³/mol. The van der Waals surface area contributed by atoms with Gasteiger partial charge in [0.15, 0.2) is 6.29 Å². The second-order valence-electron chi connectivity index (χ2n) is 6.57. The van der Waals surface area contributed by atoms with Crippen LogP contribution >= 0.6 is 0 Å². The van der Waals surface area contributed by atoms with Crippen molar-refractivity contribution < 1.29 is 14.6 Å². The molecule has 2 fully saturated rings. The van der Waals surface area contributed by atoms with E-state index in [0.29, 0.717) is 0 Å². The molecule has 2 aromatic rings. The second-order valence-corrected chi connectivity index (χ2v) is 6.57. The summed E-state index contributed by atoms with van der Waals surface area (Å²) in [6.45, 7) is 1.67. The van der Waals surface area contributed by atoms with Gasteiger partial charge in [0.1, 0.15) is 12.2 Å². The molecule has 4 atom stereocenters. The summed E-state index contributed by atoms with van der Waals surface area (Å²) in [4.78, 5) is 2.44. The Labute approximate surface area is 142 Å². The predicted octanol–water partition coefficient (Wildman–Crippen LogP) is 2.22. The smallest absolute Gasteiger partial charge is 0.174 e. The van der Waals surface area contributed by atoms with E-state index in [4.69, 9.17) is 9.47 Å². The van der Waals surface area contributed by atoms with Gasteiger partial charge in [-0.2, -0.15) is 0 Å². The molecular weight excluding hydrogens is 302 g/mol. The number of fused-ring (bicyclic) bond motifs is 2. The lowest BCUT2D eigenvalue weighted by atomic mass is 10.0. The van der Waals surface area contributed by atoms with Crippen molar-refractivity contribution in [2.24, 2.45) is 0 Å². The molecule has 2 bridgehead atoms. The van der Waals surface area contributed by atoms with Crippen molar-refractivity contribution in [1.82, 2.24) is 4.90 Å². The molecule has 2 heterocycles. The van der Waals surface area contributed by atoms with Crippen molar-refractivity contribution in [3.05, 3.63) is 71.8 Å². The monoisotopic (exact) mass is 325 g/mol. The number of nitrogens with zero attached hydrogens (tertiary/aromatic N) is 1. The van der Waals surface area contributed by atoms with Crippen LogP contribution in [0.15, 0.2) is 60.7 Å². The van der Waals surface area contributed by atoms with Crippen molar-refractivity contribution in [2.75, 3.05) is 13.2 Å². The Morgan fingerprint density at radius 2 is 1.58 bits per heavy atom. The molecular formula is C20H23NO3. The van der Waals surface area contributed by atoms with Crippen LogP contribution in [0.3, 0.4) is 0 Å². The number of benzene rings is 2. The fourth-order valence-corrected chi connectivity index (χ4v) is 3.67. The van der Waals surface area contributed by atoms with E-state index in [1.807, 2.05) is 12.1 Å². The Hall–Kier alpha value is -1.72. The molecule has 2 aromatic carbocycles. The van der Waals surface area contributed by atoms with Gasteiger partial charge in [0.25, 0.3) is 0 Å². The minimum Gasteiger partial charge on any atom is -0.394 e. The molecule has 24 heavy (non-hydrogen) atoms. The minimum atomic E-state index is -0.273. The summed E-state index contributed by atoms with van der Waals surface area (Å²) in [7, 11) is 0. The number of hydrogen-bond acceptors (Lipinski definition) is 4. The lowest BCUT2D eigenvalue weighted by Crippen LogP contribution is -2.52. The van der Waals surface area contributed by atoms with Crippen molar-refractivity contribution in [1.29, 1.82) is 0 Å². The molecule has 2 aliphatic heterocycles. The summed E-state index contributed by atoms with van der Waals surface area (Å²) in [5, 5.41) is 9.54. The van der Waals surface area contributed by atoms with Gasteiger partial charge in [-0.15, -0.1) is 0 Å².